The zero-order valence-electron chi connectivity index (χ0n) is 12.3. The standard InChI is InChI=1S/C17H16N2O4/c20-15(18-11-16(21)22)10-13-8-4-5-9-14(13)19-17(23)12-6-2-1-3-7-12/h1-9H,10-11H2,(H,18,20)(H,19,23)(H,21,22). The maximum absolute atomic E-state index is 12.2. The molecule has 0 saturated carbocycles. The normalized spacial score (nSPS) is 9.91. The van der Waals surface area contributed by atoms with Gasteiger partial charge in [0.05, 0.1) is 6.42 Å². The monoisotopic (exact) mass is 312 g/mol. The van der Waals surface area contributed by atoms with Gasteiger partial charge in [0.1, 0.15) is 6.54 Å². The summed E-state index contributed by atoms with van der Waals surface area (Å²) in [7, 11) is 0. The SMILES string of the molecule is O=C(O)CNC(=O)Cc1ccccc1NC(=O)c1ccccc1. The predicted octanol–water partition coefficient (Wildman–Crippen LogP) is 1.68. The Morgan fingerprint density at radius 2 is 1.57 bits per heavy atom. The summed E-state index contributed by atoms with van der Waals surface area (Å²) in [4.78, 5) is 34.4. The van der Waals surface area contributed by atoms with E-state index >= 15 is 0 Å². The highest BCUT2D eigenvalue weighted by molar-refractivity contribution is 6.04. The average Bonchev–Trinajstić information content (AvgIpc) is 2.55. The average molecular weight is 312 g/mol. The van der Waals surface area contributed by atoms with Crippen molar-refractivity contribution in [2.75, 3.05) is 11.9 Å². The molecule has 0 aliphatic heterocycles. The third-order valence-corrected chi connectivity index (χ3v) is 3.09. The lowest BCUT2D eigenvalue weighted by Gasteiger charge is -2.11. The number of carboxylic acids is 1. The largest absolute Gasteiger partial charge is 0.480 e. The first kappa shape index (κ1) is 16.2. The molecule has 0 aliphatic rings. The van der Waals surface area contributed by atoms with Crippen LogP contribution in [0.15, 0.2) is 54.6 Å². The van der Waals surface area contributed by atoms with Gasteiger partial charge in [-0.1, -0.05) is 36.4 Å². The van der Waals surface area contributed by atoms with Gasteiger partial charge in [0.25, 0.3) is 5.91 Å². The molecule has 2 amide bonds. The molecule has 0 aromatic heterocycles. The molecule has 0 spiro atoms. The molecule has 6 heteroatoms. The summed E-state index contributed by atoms with van der Waals surface area (Å²) in [6, 6.07) is 15.6. The molecule has 0 fully saturated rings. The van der Waals surface area contributed by atoms with Crippen LogP contribution in [0.4, 0.5) is 5.69 Å². The Morgan fingerprint density at radius 1 is 0.913 bits per heavy atom. The molecule has 2 rings (SSSR count). The molecule has 23 heavy (non-hydrogen) atoms. The van der Waals surface area contributed by atoms with Gasteiger partial charge in [0, 0.05) is 11.3 Å². The highest BCUT2D eigenvalue weighted by atomic mass is 16.4. The second-order valence-corrected chi connectivity index (χ2v) is 4.82. The van der Waals surface area contributed by atoms with Crippen LogP contribution in [0.1, 0.15) is 15.9 Å². The first-order valence-electron chi connectivity index (χ1n) is 6.99. The molecule has 0 radical (unpaired) electrons. The van der Waals surface area contributed by atoms with Crippen molar-refractivity contribution in [2.24, 2.45) is 0 Å². The molecule has 0 unspecified atom stereocenters. The molecule has 0 heterocycles. The summed E-state index contributed by atoms with van der Waals surface area (Å²) in [6.45, 7) is -0.433. The van der Waals surface area contributed by atoms with Crippen LogP contribution in [-0.4, -0.2) is 29.4 Å². The fraction of sp³-hybridized carbons (Fsp3) is 0.118. The van der Waals surface area contributed by atoms with Crippen molar-refractivity contribution in [3.8, 4) is 0 Å². The number of aliphatic carboxylic acids is 1. The number of carbonyl (C=O) groups excluding carboxylic acids is 2. The minimum Gasteiger partial charge on any atom is -0.480 e. The summed E-state index contributed by atoms with van der Waals surface area (Å²) in [5.74, 6) is -1.80. The predicted molar refractivity (Wildman–Crippen MR) is 85.2 cm³/mol. The summed E-state index contributed by atoms with van der Waals surface area (Å²) >= 11 is 0. The summed E-state index contributed by atoms with van der Waals surface area (Å²) in [5.41, 5.74) is 1.64. The van der Waals surface area contributed by atoms with Crippen molar-refractivity contribution >= 4 is 23.5 Å². The Morgan fingerprint density at radius 3 is 2.26 bits per heavy atom. The van der Waals surface area contributed by atoms with Crippen LogP contribution in [0.25, 0.3) is 0 Å². The van der Waals surface area contributed by atoms with Crippen LogP contribution in [0, 0.1) is 0 Å². The van der Waals surface area contributed by atoms with E-state index in [9.17, 15) is 14.4 Å². The summed E-state index contributed by atoms with van der Waals surface area (Å²) in [6.07, 6.45) is -0.0154. The van der Waals surface area contributed by atoms with E-state index in [0.29, 0.717) is 16.8 Å². The van der Waals surface area contributed by atoms with Crippen molar-refractivity contribution in [1.82, 2.24) is 5.32 Å². The number of carboxylic acid groups (broad SMARTS) is 1. The van der Waals surface area contributed by atoms with Crippen molar-refractivity contribution in [2.45, 2.75) is 6.42 Å². The van der Waals surface area contributed by atoms with Crippen LogP contribution in [0.2, 0.25) is 0 Å². The second-order valence-electron chi connectivity index (χ2n) is 4.82. The minimum atomic E-state index is -1.11. The van der Waals surface area contributed by atoms with E-state index in [4.69, 9.17) is 5.11 Å². The number of benzene rings is 2. The van der Waals surface area contributed by atoms with Crippen molar-refractivity contribution < 1.29 is 19.5 Å². The summed E-state index contributed by atoms with van der Waals surface area (Å²) < 4.78 is 0. The van der Waals surface area contributed by atoms with Crippen LogP contribution in [0.3, 0.4) is 0 Å². The second kappa shape index (κ2) is 7.74. The fourth-order valence-corrected chi connectivity index (χ4v) is 1.99. The number of nitrogens with one attached hydrogen (secondary N) is 2. The number of hydrogen-bond acceptors (Lipinski definition) is 3. The van der Waals surface area contributed by atoms with Gasteiger partial charge >= 0.3 is 5.97 Å². The highest BCUT2D eigenvalue weighted by Gasteiger charge is 2.11. The topological polar surface area (TPSA) is 95.5 Å². The van der Waals surface area contributed by atoms with Crippen molar-refractivity contribution in [3.05, 3.63) is 65.7 Å². The van der Waals surface area contributed by atoms with Gasteiger partial charge in [-0.2, -0.15) is 0 Å². The molecule has 0 aliphatic carbocycles. The number of hydrogen-bond donors (Lipinski definition) is 3. The molecule has 2 aromatic carbocycles. The summed E-state index contributed by atoms with van der Waals surface area (Å²) in [5, 5.41) is 13.6. The van der Waals surface area contributed by atoms with Gasteiger partial charge in [0.2, 0.25) is 5.91 Å². The van der Waals surface area contributed by atoms with E-state index in [1.165, 1.54) is 0 Å². The maximum atomic E-state index is 12.2. The Bertz CT molecular complexity index is 714. The first-order chi connectivity index (χ1) is 11.1. The molecular weight excluding hydrogens is 296 g/mol. The molecule has 0 saturated heterocycles. The van der Waals surface area contributed by atoms with Crippen LogP contribution >= 0.6 is 0 Å². The number of anilines is 1. The zero-order valence-corrected chi connectivity index (χ0v) is 12.3. The Balaban J connectivity index is 2.07. The van der Waals surface area contributed by atoms with Gasteiger partial charge in [-0.05, 0) is 23.8 Å². The van der Waals surface area contributed by atoms with Crippen LogP contribution in [0.5, 0.6) is 0 Å². The Kier molecular flexibility index (Phi) is 5.46. The van der Waals surface area contributed by atoms with Gasteiger partial charge < -0.3 is 15.7 Å². The molecule has 6 nitrogen and oxygen atoms in total. The maximum Gasteiger partial charge on any atom is 0.322 e. The smallest absolute Gasteiger partial charge is 0.322 e. The van der Waals surface area contributed by atoms with E-state index < -0.39 is 18.4 Å². The lowest BCUT2D eigenvalue weighted by Crippen LogP contribution is -2.30. The molecule has 0 atom stereocenters. The third kappa shape index (κ3) is 4.96. The molecule has 0 bridgehead atoms. The van der Waals surface area contributed by atoms with Crippen LogP contribution < -0.4 is 10.6 Å². The molecule has 3 N–H and O–H groups in total. The van der Waals surface area contributed by atoms with E-state index in [1.807, 2.05) is 6.07 Å². The van der Waals surface area contributed by atoms with Crippen molar-refractivity contribution in [1.29, 1.82) is 0 Å². The van der Waals surface area contributed by atoms with Gasteiger partial charge in [-0.25, -0.2) is 0 Å². The number of carbonyl (C=O) groups is 3. The van der Waals surface area contributed by atoms with Crippen molar-refractivity contribution in [3.63, 3.8) is 0 Å². The van der Waals surface area contributed by atoms with E-state index in [1.54, 1.807) is 48.5 Å². The molecular formula is C17H16N2O4. The van der Waals surface area contributed by atoms with Crippen LogP contribution in [-0.2, 0) is 16.0 Å². The van der Waals surface area contributed by atoms with E-state index in [0.717, 1.165) is 0 Å². The first-order valence-corrected chi connectivity index (χ1v) is 6.99. The minimum absolute atomic E-state index is 0.0154. The third-order valence-electron chi connectivity index (χ3n) is 3.09. The van der Waals surface area contributed by atoms with E-state index in [-0.39, 0.29) is 12.3 Å². The molecule has 2 aromatic rings. The Hall–Kier alpha value is -3.15. The lowest BCUT2D eigenvalue weighted by molar-refractivity contribution is -0.137. The van der Waals surface area contributed by atoms with Gasteiger partial charge in [-0.15, -0.1) is 0 Å². The quantitative estimate of drug-likeness (QED) is 0.756. The molecule has 118 valence electrons. The number of rotatable bonds is 6. The number of amides is 2. The lowest BCUT2D eigenvalue weighted by atomic mass is 10.1. The number of para-hydroxylation sites is 1. The fourth-order valence-electron chi connectivity index (χ4n) is 1.99. The highest BCUT2D eigenvalue weighted by Crippen LogP contribution is 2.17. The van der Waals surface area contributed by atoms with Gasteiger partial charge in [0.15, 0.2) is 0 Å². The van der Waals surface area contributed by atoms with Gasteiger partial charge in [-0.3, -0.25) is 14.4 Å². The zero-order chi connectivity index (χ0) is 16.7. The Labute approximate surface area is 133 Å². The van der Waals surface area contributed by atoms with E-state index in [2.05, 4.69) is 10.6 Å².